The molecule has 1 N–H and O–H groups in total. The van der Waals surface area contributed by atoms with Crippen LogP contribution < -0.4 is 5.32 Å². The number of anilines is 1. The van der Waals surface area contributed by atoms with Crippen LogP contribution in [-0.2, 0) is 9.53 Å². The van der Waals surface area contributed by atoms with Crippen molar-refractivity contribution in [3.05, 3.63) is 114 Å². The van der Waals surface area contributed by atoms with Gasteiger partial charge in [0.25, 0.3) is 5.91 Å². The Morgan fingerprint density at radius 1 is 0.769 bits per heavy atom. The average Bonchev–Trinajstić information content (AvgIpc) is 2.98. The zero-order valence-electron chi connectivity index (χ0n) is 22.1. The number of aromatic nitrogens is 2. The molecule has 5 aromatic rings. The van der Waals surface area contributed by atoms with Gasteiger partial charge < -0.3 is 10.1 Å². The van der Waals surface area contributed by atoms with E-state index < -0.39 is 12.1 Å². The van der Waals surface area contributed by atoms with E-state index in [0.29, 0.717) is 28.7 Å². The second kappa shape index (κ2) is 11.3. The van der Waals surface area contributed by atoms with E-state index in [2.05, 4.69) is 5.32 Å². The SMILES string of the molecule is CCC(OC(=O)c1ccc2nc(-c3ccccc3)c(-c3ccccc3)nc2c1)C(=O)Nc1cccc(C)c1C. The number of amides is 1. The molecule has 1 amide bonds. The van der Waals surface area contributed by atoms with Crippen molar-refractivity contribution in [2.45, 2.75) is 33.3 Å². The van der Waals surface area contributed by atoms with Crippen LogP contribution in [0.4, 0.5) is 5.69 Å². The predicted molar refractivity (Wildman–Crippen MR) is 154 cm³/mol. The van der Waals surface area contributed by atoms with Crippen LogP contribution in [0.1, 0.15) is 34.8 Å². The van der Waals surface area contributed by atoms with E-state index in [1.165, 1.54) is 0 Å². The number of carbonyl (C=O) groups is 2. The number of rotatable bonds is 7. The molecular weight excluding hydrogens is 486 g/mol. The summed E-state index contributed by atoms with van der Waals surface area (Å²) >= 11 is 0. The quantitative estimate of drug-likeness (QED) is 0.233. The maximum atomic E-state index is 13.1. The molecule has 0 fully saturated rings. The van der Waals surface area contributed by atoms with Crippen LogP contribution in [0.15, 0.2) is 97.1 Å². The third-order valence-corrected chi connectivity index (χ3v) is 6.77. The number of ether oxygens (including phenoxy) is 1. The Morgan fingerprint density at radius 2 is 1.38 bits per heavy atom. The number of hydrogen-bond donors (Lipinski definition) is 1. The number of aryl methyl sites for hydroxylation is 1. The number of hydrogen-bond acceptors (Lipinski definition) is 5. The van der Waals surface area contributed by atoms with Crippen LogP contribution in [0, 0.1) is 13.8 Å². The summed E-state index contributed by atoms with van der Waals surface area (Å²) in [7, 11) is 0. The van der Waals surface area contributed by atoms with Crippen LogP contribution in [0.5, 0.6) is 0 Å². The lowest BCUT2D eigenvalue weighted by atomic mass is 10.0. The van der Waals surface area contributed by atoms with Crippen LogP contribution in [-0.4, -0.2) is 27.9 Å². The van der Waals surface area contributed by atoms with Crippen molar-refractivity contribution >= 4 is 28.6 Å². The normalized spacial score (nSPS) is 11.7. The molecule has 1 heterocycles. The lowest BCUT2D eigenvalue weighted by molar-refractivity contribution is -0.124. The van der Waals surface area contributed by atoms with Crippen molar-refractivity contribution in [2.75, 3.05) is 5.32 Å². The maximum Gasteiger partial charge on any atom is 0.338 e. The van der Waals surface area contributed by atoms with Crippen LogP contribution in [0.25, 0.3) is 33.5 Å². The first kappa shape index (κ1) is 25.8. The molecule has 194 valence electrons. The highest BCUT2D eigenvalue weighted by atomic mass is 16.5. The highest BCUT2D eigenvalue weighted by Gasteiger charge is 2.23. The minimum atomic E-state index is -0.931. The Balaban J connectivity index is 1.44. The molecule has 0 bridgehead atoms. The summed E-state index contributed by atoms with van der Waals surface area (Å²) in [6.45, 7) is 5.74. The van der Waals surface area contributed by atoms with Crippen molar-refractivity contribution in [3.8, 4) is 22.5 Å². The summed E-state index contributed by atoms with van der Waals surface area (Å²) in [6.07, 6.45) is -0.589. The zero-order valence-corrected chi connectivity index (χ0v) is 22.1. The second-order valence-corrected chi connectivity index (χ2v) is 9.40. The van der Waals surface area contributed by atoms with E-state index >= 15 is 0 Å². The first-order chi connectivity index (χ1) is 18.9. The van der Waals surface area contributed by atoms with Gasteiger partial charge in [0.15, 0.2) is 6.10 Å². The van der Waals surface area contributed by atoms with Crippen molar-refractivity contribution in [3.63, 3.8) is 0 Å². The number of carbonyl (C=O) groups excluding carboxylic acids is 2. The Morgan fingerprint density at radius 3 is 2.00 bits per heavy atom. The highest BCUT2D eigenvalue weighted by Crippen LogP contribution is 2.31. The minimum absolute atomic E-state index is 0.307. The number of benzene rings is 4. The molecule has 6 nitrogen and oxygen atoms in total. The summed E-state index contributed by atoms with van der Waals surface area (Å²) in [5.74, 6) is -0.950. The largest absolute Gasteiger partial charge is 0.449 e. The molecule has 1 aromatic heterocycles. The third kappa shape index (κ3) is 5.55. The van der Waals surface area contributed by atoms with Gasteiger partial charge in [-0.05, 0) is 55.7 Å². The molecule has 0 radical (unpaired) electrons. The second-order valence-electron chi connectivity index (χ2n) is 9.40. The van der Waals surface area contributed by atoms with E-state index in [1.54, 1.807) is 18.2 Å². The van der Waals surface area contributed by atoms with Gasteiger partial charge in [-0.15, -0.1) is 0 Å². The van der Waals surface area contributed by atoms with E-state index in [9.17, 15) is 9.59 Å². The Bertz CT molecular complexity index is 1650. The molecule has 0 saturated heterocycles. The molecule has 4 aromatic carbocycles. The molecule has 39 heavy (non-hydrogen) atoms. The molecule has 6 heteroatoms. The van der Waals surface area contributed by atoms with Gasteiger partial charge >= 0.3 is 5.97 Å². The summed E-state index contributed by atoms with van der Waals surface area (Å²) < 4.78 is 5.65. The number of esters is 1. The molecular formula is C33H29N3O3. The first-order valence-electron chi connectivity index (χ1n) is 12.9. The van der Waals surface area contributed by atoms with E-state index in [1.807, 2.05) is 99.6 Å². The van der Waals surface area contributed by atoms with Crippen LogP contribution in [0.3, 0.4) is 0 Å². The van der Waals surface area contributed by atoms with E-state index in [0.717, 1.165) is 33.6 Å². The molecule has 0 aliphatic rings. The Hall–Kier alpha value is -4.84. The van der Waals surface area contributed by atoms with Gasteiger partial charge in [0.2, 0.25) is 0 Å². The highest BCUT2D eigenvalue weighted by molar-refractivity contribution is 5.99. The van der Waals surface area contributed by atoms with Crippen molar-refractivity contribution in [2.24, 2.45) is 0 Å². The Labute approximate surface area is 227 Å². The van der Waals surface area contributed by atoms with E-state index in [4.69, 9.17) is 14.7 Å². The summed E-state index contributed by atoms with van der Waals surface area (Å²) in [5, 5.41) is 2.90. The molecule has 5 rings (SSSR count). The maximum absolute atomic E-state index is 13.1. The van der Waals surface area contributed by atoms with Crippen molar-refractivity contribution in [1.29, 1.82) is 0 Å². The number of nitrogens with zero attached hydrogens (tertiary/aromatic N) is 2. The van der Waals surface area contributed by atoms with Gasteiger partial charge in [-0.25, -0.2) is 14.8 Å². The van der Waals surface area contributed by atoms with Crippen molar-refractivity contribution in [1.82, 2.24) is 9.97 Å². The first-order valence-corrected chi connectivity index (χ1v) is 12.9. The molecule has 0 aliphatic carbocycles. The molecule has 0 saturated carbocycles. The lowest BCUT2D eigenvalue weighted by Crippen LogP contribution is -2.32. The fourth-order valence-corrected chi connectivity index (χ4v) is 4.40. The zero-order chi connectivity index (χ0) is 27.4. The average molecular weight is 516 g/mol. The topological polar surface area (TPSA) is 81.2 Å². The van der Waals surface area contributed by atoms with Gasteiger partial charge in [-0.3, -0.25) is 4.79 Å². The number of fused-ring (bicyclic) bond motifs is 1. The van der Waals surface area contributed by atoms with Gasteiger partial charge in [-0.1, -0.05) is 79.7 Å². The van der Waals surface area contributed by atoms with E-state index in [-0.39, 0.29) is 5.91 Å². The smallest absolute Gasteiger partial charge is 0.338 e. The molecule has 0 aliphatic heterocycles. The van der Waals surface area contributed by atoms with Gasteiger partial charge in [0, 0.05) is 16.8 Å². The summed E-state index contributed by atoms with van der Waals surface area (Å²) in [4.78, 5) is 35.9. The molecule has 0 spiro atoms. The van der Waals surface area contributed by atoms with Crippen LogP contribution in [0.2, 0.25) is 0 Å². The predicted octanol–water partition coefficient (Wildman–Crippen LogP) is 7.15. The van der Waals surface area contributed by atoms with Gasteiger partial charge in [0.05, 0.1) is 28.0 Å². The standard InChI is InChI=1S/C33H29N3O3/c1-4-29(32(37)36-26-17-11-12-21(2)22(26)3)39-33(38)25-18-19-27-28(20-25)35-31(24-15-9-6-10-16-24)30(34-27)23-13-7-5-8-14-23/h5-20,29H,4H2,1-3H3,(H,36,37). The van der Waals surface area contributed by atoms with Crippen LogP contribution >= 0.6 is 0 Å². The molecule has 1 atom stereocenters. The van der Waals surface area contributed by atoms with Crippen molar-refractivity contribution < 1.29 is 14.3 Å². The third-order valence-electron chi connectivity index (χ3n) is 6.77. The Kier molecular flexibility index (Phi) is 7.46. The van der Waals surface area contributed by atoms with Gasteiger partial charge in [0.1, 0.15) is 0 Å². The minimum Gasteiger partial charge on any atom is -0.449 e. The summed E-state index contributed by atoms with van der Waals surface area (Å²) in [5.41, 5.74) is 7.64. The van der Waals surface area contributed by atoms with Gasteiger partial charge in [-0.2, -0.15) is 0 Å². The monoisotopic (exact) mass is 515 g/mol. The fraction of sp³-hybridized carbons (Fsp3) is 0.152. The molecule has 1 unspecified atom stereocenters. The fourth-order valence-electron chi connectivity index (χ4n) is 4.40. The summed E-state index contributed by atoms with van der Waals surface area (Å²) in [6, 6.07) is 30.5. The lowest BCUT2D eigenvalue weighted by Gasteiger charge is -2.18. The number of nitrogens with one attached hydrogen (secondary N) is 1.